The van der Waals surface area contributed by atoms with Crippen molar-refractivity contribution in [2.75, 3.05) is 18.0 Å². The number of pyridine rings is 1. The van der Waals surface area contributed by atoms with Crippen molar-refractivity contribution in [3.8, 4) is 0 Å². The van der Waals surface area contributed by atoms with Crippen LogP contribution in [0.15, 0.2) is 18.3 Å². The Hall–Kier alpha value is -1.13. The molecule has 18 heavy (non-hydrogen) atoms. The van der Waals surface area contributed by atoms with Crippen molar-refractivity contribution in [1.82, 2.24) is 4.98 Å². The van der Waals surface area contributed by atoms with Crippen LogP contribution in [0, 0.1) is 0 Å². The van der Waals surface area contributed by atoms with Crippen LogP contribution in [0.2, 0.25) is 0 Å². The molecule has 0 amide bonds. The molecular formula is C14H23N3O. The first kappa shape index (κ1) is 13.3. The first-order valence-corrected chi connectivity index (χ1v) is 6.72. The molecule has 2 rings (SSSR count). The van der Waals surface area contributed by atoms with Crippen molar-refractivity contribution in [3.05, 3.63) is 24.0 Å². The van der Waals surface area contributed by atoms with E-state index in [4.69, 9.17) is 10.5 Å². The standard InChI is InChI=1S/C14H23N3O/c1-4-13(15)14-6-5-12(7-16-14)17-8-10(2)18-11(3)9-17/h5-7,10-11,13H,4,8-9,15H2,1-3H3/t10-,11+,13-/m0/s1. The first-order chi connectivity index (χ1) is 8.60. The van der Waals surface area contributed by atoms with Crippen molar-refractivity contribution in [3.63, 3.8) is 0 Å². The predicted octanol–water partition coefficient (Wildman–Crippen LogP) is 2.10. The number of nitrogens with zero attached hydrogens (tertiary/aromatic N) is 2. The lowest BCUT2D eigenvalue weighted by molar-refractivity contribution is -0.00523. The molecule has 0 bridgehead atoms. The molecule has 0 aliphatic carbocycles. The smallest absolute Gasteiger partial charge is 0.0726 e. The molecule has 0 saturated carbocycles. The highest BCUT2D eigenvalue weighted by molar-refractivity contribution is 5.45. The van der Waals surface area contributed by atoms with Gasteiger partial charge in [0.2, 0.25) is 0 Å². The highest BCUT2D eigenvalue weighted by Crippen LogP contribution is 2.21. The number of nitrogens with two attached hydrogens (primary N) is 1. The maximum Gasteiger partial charge on any atom is 0.0726 e. The van der Waals surface area contributed by atoms with Crippen LogP contribution in [0.1, 0.15) is 38.9 Å². The highest BCUT2D eigenvalue weighted by atomic mass is 16.5. The van der Waals surface area contributed by atoms with Crippen molar-refractivity contribution >= 4 is 5.69 Å². The van der Waals surface area contributed by atoms with Gasteiger partial charge in [-0.25, -0.2) is 0 Å². The maximum absolute atomic E-state index is 5.97. The number of morpholine rings is 1. The van der Waals surface area contributed by atoms with Crippen LogP contribution in [0.3, 0.4) is 0 Å². The first-order valence-electron chi connectivity index (χ1n) is 6.72. The number of aromatic nitrogens is 1. The van der Waals surface area contributed by atoms with Gasteiger partial charge in [0.05, 0.1) is 29.8 Å². The normalized spacial score (nSPS) is 26.1. The van der Waals surface area contributed by atoms with E-state index in [0.717, 1.165) is 30.9 Å². The average molecular weight is 249 g/mol. The summed E-state index contributed by atoms with van der Waals surface area (Å²) in [5.41, 5.74) is 8.10. The van der Waals surface area contributed by atoms with E-state index in [9.17, 15) is 0 Å². The molecule has 0 spiro atoms. The lowest BCUT2D eigenvalue weighted by atomic mass is 10.1. The second-order valence-corrected chi connectivity index (χ2v) is 5.12. The minimum Gasteiger partial charge on any atom is -0.372 e. The predicted molar refractivity (Wildman–Crippen MR) is 73.7 cm³/mol. The Kier molecular flexibility index (Phi) is 4.19. The summed E-state index contributed by atoms with van der Waals surface area (Å²) in [6, 6.07) is 4.19. The molecule has 1 saturated heterocycles. The Bertz CT molecular complexity index is 369. The number of anilines is 1. The van der Waals surface area contributed by atoms with Gasteiger partial charge in [0.15, 0.2) is 0 Å². The van der Waals surface area contributed by atoms with Gasteiger partial charge in [0.25, 0.3) is 0 Å². The number of rotatable bonds is 3. The average Bonchev–Trinajstić information content (AvgIpc) is 2.37. The number of hydrogen-bond donors (Lipinski definition) is 1. The molecule has 2 N–H and O–H groups in total. The Balaban J connectivity index is 2.09. The summed E-state index contributed by atoms with van der Waals surface area (Å²) < 4.78 is 5.74. The summed E-state index contributed by atoms with van der Waals surface area (Å²) >= 11 is 0. The van der Waals surface area contributed by atoms with Crippen molar-refractivity contribution in [2.24, 2.45) is 5.73 Å². The summed E-state index contributed by atoms with van der Waals surface area (Å²) in [6.07, 6.45) is 3.38. The second kappa shape index (κ2) is 5.67. The molecule has 100 valence electrons. The number of hydrogen-bond acceptors (Lipinski definition) is 4. The van der Waals surface area contributed by atoms with Gasteiger partial charge < -0.3 is 15.4 Å². The van der Waals surface area contributed by atoms with E-state index >= 15 is 0 Å². The van der Waals surface area contributed by atoms with E-state index < -0.39 is 0 Å². The van der Waals surface area contributed by atoms with Gasteiger partial charge in [-0.2, -0.15) is 0 Å². The molecule has 4 heteroatoms. The quantitative estimate of drug-likeness (QED) is 0.891. The van der Waals surface area contributed by atoms with Crippen LogP contribution in [0.5, 0.6) is 0 Å². The zero-order valence-corrected chi connectivity index (χ0v) is 11.5. The maximum atomic E-state index is 5.97. The van der Waals surface area contributed by atoms with E-state index in [1.165, 1.54) is 0 Å². The van der Waals surface area contributed by atoms with Crippen LogP contribution in [0.4, 0.5) is 5.69 Å². The minimum absolute atomic E-state index is 0.0431. The van der Waals surface area contributed by atoms with Crippen LogP contribution >= 0.6 is 0 Å². The molecule has 1 fully saturated rings. The fourth-order valence-electron chi connectivity index (χ4n) is 2.40. The molecular weight excluding hydrogens is 226 g/mol. The van der Waals surface area contributed by atoms with E-state index in [1.54, 1.807) is 0 Å². The minimum atomic E-state index is 0.0431. The Morgan fingerprint density at radius 3 is 2.56 bits per heavy atom. The van der Waals surface area contributed by atoms with Gasteiger partial charge in [-0.1, -0.05) is 6.92 Å². The van der Waals surface area contributed by atoms with Crippen molar-refractivity contribution < 1.29 is 4.74 Å². The van der Waals surface area contributed by atoms with Gasteiger partial charge in [0, 0.05) is 19.1 Å². The molecule has 1 aromatic rings. The molecule has 4 nitrogen and oxygen atoms in total. The Morgan fingerprint density at radius 2 is 2.06 bits per heavy atom. The fourth-order valence-corrected chi connectivity index (χ4v) is 2.40. The molecule has 1 aromatic heterocycles. The third-order valence-electron chi connectivity index (χ3n) is 3.38. The third kappa shape index (κ3) is 3.00. The van der Waals surface area contributed by atoms with Crippen LogP contribution < -0.4 is 10.6 Å². The summed E-state index contributed by atoms with van der Waals surface area (Å²) in [5.74, 6) is 0. The van der Waals surface area contributed by atoms with Gasteiger partial charge in [-0.15, -0.1) is 0 Å². The molecule has 3 atom stereocenters. The van der Waals surface area contributed by atoms with Gasteiger partial charge >= 0.3 is 0 Å². The van der Waals surface area contributed by atoms with Crippen molar-refractivity contribution in [2.45, 2.75) is 45.4 Å². The molecule has 1 aliphatic rings. The summed E-state index contributed by atoms with van der Waals surface area (Å²) in [7, 11) is 0. The van der Waals surface area contributed by atoms with Crippen LogP contribution in [-0.2, 0) is 4.74 Å². The Morgan fingerprint density at radius 1 is 1.39 bits per heavy atom. The molecule has 0 radical (unpaired) electrons. The molecule has 1 aliphatic heterocycles. The summed E-state index contributed by atoms with van der Waals surface area (Å²) in [6.45, 7) is 8.14. The topological polar surface area (TPSA) is 51.4 Å². The third-order valence-corrected chi connectivity index (χ3v) is 3.38. The Labute approximate surface area is 109 Å². The lowest BCUT2D eigenvalue weighted by Gasteiger charge is -2.36. The summed E-state index contributed by atoms with van der Waals surface area (Å²) in [4.78, 5) is 6.79. The monoisotopic (exact) mass is 249 g/mol. The van der Waals surface area contributed by atoms with E-state index in [-0.39, 0.29) is 18.2 Å². The van der Waals surface area contributed by atoms with E-state index in [2.05, 4.69) is 36.7 Å². The van der Waals surface area contributed by atoms with Crippen LogP contribution in [-0.4, -0.2) is 30.3 Å². The zero-order valence-electron chi connectivity index (χ0n) is 11.5. The largest absolute Gasteiger partial charge is 0.372 e. The van der Waals surface area contributed by atoms with Gasteiger partial charge in [-0.05, 0) is 32.4 Å². The van der Waals surface area contributed by atoms with Gasteiger partial charge in [-0.3, -0.25) is 4.98 Å². The number of ether oxygens (including phenoxy) is 1. The van der Waals surface area contributed by atoms with Crippen LogP contribution in [0.25, 0.3) is 0 Å². The molecule has 2 heterocycles. The SMILES string of the molecule is CC[C@H](N)c1ccc(N2C[C@@H](C)O[C@@H](C)C2)cn1. The van der Waals surface area contributed by atoms with E-state index in [0.29, 0.717) is 0 Å². The van der Waals surface area contributed by atoms with E-state index in [1.807, 2.05) is 12.3 Å². The van der Waals surface area contributed by atoms with Crippen molar-refractivity contribution in [1.29, 1.82) is 0 Å². The molecule has 0 aromatic carbocycles. The molecule has 0 unspecified atom stereocenters. The van der Waals surface area contributed by atoms with Gasteiger partial charge in [0.1, 0.15) is 0 Å². The lowest BCUT2D eigenvalue weighted by Crippen LogP contribution is -2.45. The second-order valence-electron chi connectivity index (χ2n) is 5.12. The zero-order chi connectivity index (χ0) is 13.1. The highest BCUT2D eigenvalue weighted by Gasteiger charge is 2.22. The fraction of sp³-hybridized carbons (Fsp3) is 0.643. The summed E-state index contributed by atoms with van der Waals surface area (Å²) in [5, 5.41) is 0.